The third-order valence-electron chi connectivity index (χ3n) is 6.83. The molecular weight excluding hydrogens is 514 g/mol. The Hall–Kier alpha value is -4.91. The first-order chi connectivity index (χ1) is 19.7. The molecule has 0 fully saturated rings. The third kappa shape index (κ3) is 8.05. The van der Waals surface area contributed by atoms with E-state index in [4.69, 9.17) is 5.11 Å². The van der Waals surface area contributed by atoms with Crippen LogP contribution in [0.3, 0.4) is 0 Å². The first-order valence-corrected chi connectivity index (χ1v) is 13.6. The number of carbonyl (C=O) groups excluding carboxylic acids is 2. The molecule has 0 saturated heterocycles. The number of aliphatic carboxylic acids is 1. The summed E-state index contributed by atoms with van der Waals surface area (Å²) in [5.74, 6) is -1.50. The van der Waals surface area contributed by atoms with Crippen LogP contribution in [-0.2, 0) is 16.0 Å². The number of hydrogen-bond donors (Lipinski definition) is 4. The number of anilines is 2. The summed E-state index contributed by atoms with van der Waals surface area (Å²) in [7, 11) is 0. The van der Waals surface area contributed by atoms with Gasteiger partial charge in [-0.05, 0) is 85.0 Å². The van der Waals surface area contributed by atoms with E-state index in [2.05, 4.69) is 48.9 Å². The van der Waals surface area contributed by atoms with Gasteiger partial charge in [0.15, 0.2) is 0 Å². The zero-order valence-electron chi connectivity index (χ0n) is 23.5. The van der Waals surface area contributed by atoms with Crippen LogP contribution >= 0.6 is 0 Å². The number of carbonyl (C=O) groups is 3. The SMILES string of the molecule is Cc1cc(C)c(-c2ccc(NC(=O)[C@H](Cc3ccccc3)Nc3ccc(C(=O)NCCC(=O)O)cc3)cc2)c(C)c1. The summed E-state index contributed by atoms with van der Waals surface area (Å²) >= 11 is 0. The van der Waals surface area contributed by atoms with Gasteiger partial charge in [0.05, 0.1) is 6.42 Å². The number of aryl methyl sites for hydroxylation is 3. The van der Waals surface area contributed by atoms with E-state index in [-0.39, 0.29) is 24.8 Å². The van der Waals surface area contributed by atoms with Gasteiger partial charge in [0.1, 0.15) is 6.04 Å². The number of carboxylic acid groups (broad SMARTS) is 1. The van der Waals surface area contributed by atoms with Crippen molar-refractivity contribution in [3.8, 4) is 11.1 Å². The first-order valence-electron chi connectivity index (χ1n) is 13.6. The van der Waals surface area contributed by atoms with E-state index in [1.165, 1.54) is 22.3 Å². The van der Waals surface area contributed by atoms with Crippen LogP contribution in [0.15, 0.2) is 91.0 Å². The number of nitrogens with one attached hydrogen (secondary N) is 3. The van der Waals surface area contributed by atoms with Crippen molar-refractivity contribution in [3.05, 3.63) is 119 Å². The van der Waals surface area contributed by atoms with Crippen molar-refractivity contribution in [2.75, 3.05) is 17.2 Å². The second-order valence-corrected chi connectivity index (χ2v) is 10.2. The highest BCUT2D eigenvalue weighted by Gasteiger charge is 2.20. The van der Waals surface area contributed by atoms with Crippen molar-refractivity contribution in [1.82, 2.24) is 5.32 Å². The van der Waals surface area contributed by atoms with Gasteiger partial charge in [0.25, 0.3) is 5.91 Å². The Kier molecular flexibility index (Phi) is 9.53. The molecule has 1 atom stereocenters. The van der Waals surface area contributed by atoms with E-state index in [0.717, 1.165) is 11.1 Å². The number of benzene rings is 4. The molecule has 0 aliphatic carbocycles. The molecule has 0 spiro atoms. The van der Waals surface area contributed by atoms with Crippen molar-refractivity contribution in [2.24, 2.45) is 0 Å². The Labute approximate surface area is 240 Å². The highest BCUT2D eigenvalue weighted by molar-refractivity contribution is 5.97. The lowest BCUT2D eigenvalue weighted by Gasteiger charge is -2.20. The minimum Gasteiger partial charge on any atom is -0.481 e. The van der Waals surface area contributed by atoms with E-state index in [0.29, 0.717) is 23.4 Å². The average Bonchev–Trinajstić information content (AvgIpc) is 2.94. The van der Waals surface area contributed by atoms with Gasteiger partial charge < -0.3 is 21.1 Å². The van der Waals surface area contributed by atoms with Crippen LogP contribution in [0, 0.1) is 20.8 Å². The molecule has 0 heterocycles. The normalized spacial score (nSPS) is 11.4. The lowest BCUT2D eigenvalue weighted by atomic mass is 9.94. The second-order valence-electron chi connectivity index (χ2n) is 10.2. The van der Waals surface area contributed by atoms with Crippen molar-refractivity contribution in [2.45, 2.75) is 39.7 Å². The standard InChI is InChI=1S/C34H35N3O4/c1-22-19-23(2)32(24(3)20-22)26-9-13-29(14-10-26)37-34(41)30(21-25-7-5-4-6-8-25)36-28-15-11-27(12-16-28)33(40)35-18-17-31(38)39/h4-16,19-20,30,36H,17-18,21H2,1-3H3,(H,35,40)(H,37,41)(H,38,39)/t30-/m0/s1. The molecular formula is C34H35N3O4. The molecule has 210 valence electrons. The highest BCUT2D eigenvalue weighted by atomic mass is 16.4. The molecule has 0 saturated carbocycles. The first kappa shape index (κ1) is 29.1. The fourth-order valence-corrected chi connectivity index (χ4v) is 4.95. The van der Waals surface area contributed by atoms with Crippen LogP contribution in [0.1, 0.15) is 39.0 Å². The van der Waals surface area contributed by atoms with Crippen LogP contribution in [-0.4, -0.2) is 35.5 Å². The van der Waals surface area contributed by atoms with Crippen LogP contribution < -0.4 is 16.0 Å². The Bertz CT molecular complexity index is 1490. The smallest absolute Gasteiger partial charge is 0.305 e. The summed E-state index contributed by atoms with van der Waals surface area (Å²) in [6.07, 6.45) is 0.319. The van der Waals surface area contributed by atoms with Gasteiger partial charge in [0.2, 0.25) is 5.91 Å². The van der Waals surface area contributed by atoms with Crippen LogP contribution in [0.25, 0.3) is 11.1 Å². The zero-order chi connectivity index (χ0) is 29.4. The molecule has 0 aliphatic rings. The molecule has 4 rings (SSSR count). The maximum absolute atomic E-state index is 13.5. The number of rotatable bonds is 11. The summed E-state index contributed by atoms with van der Waals surface area (Å²) in [6.45, 7) is 6.38. The molecule has 0 unspecified atom stereocenters. The van der Waals surface area contributed by atoms with Crippen molar-refractivity contribution in [3.63, 3.8) is 0 Å². The van der Waals surface area contributed by atoms with Crippen molar-refractivity contribution in [1.29, 1.82) is 0 Å². The molecule has 41 heavy (non-hydrogen) atoms. The maximum atomic E-state index is 13.5. The quantitative estimate of drug-likeness (QED) is 0.180. The van der Waals surface area contributed by atoms with E-state index in [1.54, 1.807) is 24.3 Å². The predicted octanol–water partition coefficient (Wildman–Crippen LogP) is 6.15. The van der Waals surface area contributed by atoms with Gasteiger partial charge in [-0.3, -0.25) is 14.4 Å². The molecule has 0 aromatic heterocycles. The minimum atomic E-state index is -0.972. The van der Waals surface area contributed by atoms with Crippen LogP contribution in [0.5, 0.6) is 0 Å². The molecule has 4 aromatic rings. The molecule has 7 heteroatoms. The fraction of sp³-hybridized carbons (Fsp3) is 0.206. The number of hydrogen-bond acceptors (Lipinski definition) is 4. The van der Waals surface area contributed by atoms with Gasteiger partial charge in [-0.25, -0.2) is 0 Å². The lowest BCUT2D eigenvalue weighted by Crippen LogP contribution is -2.36. The molecule has 0 radical (unpaired) electrons. The minimum absolute atomic E-state index is 0.0543. The van der Waals surface area contributed by atoms with E-state index in [9.17, 15) is 14.4 Å². The van der Waals surface area contributed by atoms with Crippen molar-refractivity contribution >= 4 is 29.2 Å². The van der Waals surface area contributed by atoms with Crippen LogP contribution in [0.4, 0.5) is 11.4 Å². The van der Waals surface area contributed by atoms with Crippen molar-refractivity contribution < 1.29 is 19.5 Å². The summed E-state index contributed by atoms with van der Waals surface area (Å²) in [4.78, 5) is 36.5. The summed E-state index contributed by atoms with van der Waals surface area (Å²) in [5, 5.41) is 17.7. The Morgan fingerprint density at radius 2 is 1.39 bits per heavy atom. The zero-order valence-corrected chi connectivity index (χ0v) is 23.5. The van der Waals surface area contributed by atoms with E-state index >= 15 is 0 Å². The molecule has 4 N–H and O–H groups in total. The summed E-state index contributed by atoms with van der Waals surface area (Å²) in [5.41, 5.74) is 8.78. The van der Waals surface area contributed by atoms with Gasteiger partial charge in [-0.2, -0.15) is 0 Å². The third-order valence-corrected chi connectivity index (χ3v) is 6.83. The van der Waals surface area contributed by atoms with Gasteiger partial charge in [-0.1, -0.05) is 60.2 Å². The molecule has 4 aromatic carbocycles. The molecule has 2 amide bonds. The van der Waals surface area contributed by atoms with Gasteiger partial charge in [-0.15, -0.1) is 0 Å². The largest absolute Gasteiger partial charge is 0.481 e. The van der Waals surface area contributed by atoms with E-state index < -0.39 is 12.0 Å². The second kappa shape index (κ2) is 13.4. The van der Waals surface area contributed by atoms with Crippen LogP contribution in [0.2, 0.25) is 0 Å². The average molecular weight is 550 g/mol. The Morgan fingerprint density at radius 3 is 2.00 bits per heavy atom. The molecule has 0 bridgehead atoms. The fourth-order valence-electron chi connectivity index (χ4n) is 4.95. The summed E-state index contributed by atoms with van der Waals surface area (Å²) < 4.78 is 0. The topological polar surface area (TPSA) is 108 Å². The van der Waals surface area contributed by atoms with Gasteiger partial charge in [0, 0.05) is 29.9 Å². The van der Waals surface area contributed by atoms with Gasteiger partial charge >= 0.3 is 5.97 Å². The molecule has 0 aliphatic heterocycles. The number of amides is 2. The predicted molar refractivity (Wildman–Crippen MR) is 163 cm³/mol. The highest BCUT2D eigenvalue weighted by Crippen LogP contribution is 2.29. The lowest BCUT2D eigenvalue weighted by molar-refractivity contribution is -0.136. The Balaban J connectivity index is 1.47. The maximum Gasteiger partial charge on any atom is 0.305 e. The Morgan fingerprint density at radius 1 is 0.780 bits per heavy atom. The molecule has 7 nitrogen and oxygen atoms in total. The monoisotopic (exact) mass is 549 g/mol. The van der Waals surface area contributed by atoms with E-state index in [1.807, 2.05) is 54.6 Å². The number of carboxylic acids is 1. The summed E-state index contributed by atoms with van der Waals surface area (Å²) in [6, 6.07) is 28.2.